The van der Waals surface area contributed by atoms with E-state index in [9.17, 15) is 0 Å². The molecule has 0 amide bonds. The molecular weight excluding hydrogens is 233 g/mol. The number of hydrogen-bond donors (Lipinski definition) is 1. The summed E-state index contributed by atoms with van der Waals surface area (Å²) in [4.78, 5) is 0. The third kappa shape index (κ3) is 3.56. The van der Waals surface area contributed by atoms with E-state index < -0.39 is 0 Å². The molecule has 2 nitrogen and oxygen atoms in total. The Morgan fingerprint density at radius 1 is 1.20 bits per heavy atom. The second kappa shape index (κ2) is 6.21. The fourth-order valence-corrected chi connectivity index (χ4v) is 1.60. The van der Waals surface area contributed by atoms with E-state index in [1.165, 1.54) is 0 Å². The van der Waals surface area contributed by atoms with Gasteiger partial charge in [0.1, 0.15) is 5.75 Å². The summed E-state index contributed by atoms with van der Waals surface area (Å²) in [7, 11) is 0. The van der Waals surface area contributed by atoms with Crippen LogP contribution in [0.4, 0.5) is 0 Å². The van der Waals surface area contributed by atoms with Gasteiger partial charge < -0.3 is 10.1 Å². The lowest BCUT2D eigenvalue weighted by Crippen LogP contribution is -2.13. The molecule has 0 aromatic heterocycles. The van der Waals surface area contributed by atoms with Gasteiger partial charge in [0.05, 0.1) is 16.7 Å². The van der Waals surface area contributed by atoms with Crippen molar-refractivity contribution in [3.63, 3.8) is 0 Å². The van der Waals surface area contributed by atoms with Gasteiger partial charge >= 0.3 is 0 Å². The van der Waals surface area contributed by atoms with Gasteiger partial charge in [-0.15, -0.1) is 0 Å². The molecule has 0 fully saturated rings. The lowest BCUT2D eigenvalue weighted by atomic mass is 10.2. The van der Waals surface area contributed by atoms with Crippen LogP contribution in [0, 0.1) is 0 Å². The van der Waals surface area contributed by atoms with Crippen LogP contribution in [-0.2, 0) is 6.54 Å². The smallest absolute Gasteiger partial charge is 0.125 e. The molecule has 84 valence electrons. The standard InChI is InChI=1S/C11H15Cl2NO/c1-3-14-7-8-5-9(12)10(13)6-11(8)15-4-2/h5-6,14H,3-4,7H2,1-2H3. The Labute approximate surface area is 101 Å². The highest BCUT2D eigenvalue weighted by Crippen LogP contribution is 2.30. The zero-order valence-electron chi connectivity index (χ0n) is 8.94. The van der Waals surface area contributed by atoms with Gasteiger partial charge in [-0.2, -0.15) is 0 Å². The molecule has 4 heteroatoms. The predicted octanol–water partition coefficient (Wildman–Crippen LogP) is 3.50. The fourth-order valence-electron chi connectivity index (χ4n) is 1.26. The van der Waals surface area contributed by atoms with Gasteiger partial charge in [0, 0.05) is 18.2 Å². The van der Waals surface area contributed by atoms with E-state index in [1.54, 1.807) is 6.07 Å². The molecule has 1 rings (SSSR count). The summed E-state index contributed by atoms with van der Waals surface area (Å²) < 4.78 is 5.49. The minimum absolute atomic E-state index is 0.528. The molecule has 0 atom stereocenters. The van der Waals surface area contributed by atoms with Gasteiger partial charge in [0.25, 0.3) is 0 Å². The van der Waals surface area contributed by atoms with E-state index in [2.05, 4.69) is 12.2 Å². The predicted molar refractivity (Wildman–Crippen MR) is 65.0 cm³/mol. The van der Waals surface area contributed by atoms with E-state index >= 15 is 0 Å². The zero-order chi connectivity index (χ0) is 11.3. The number of hydrogen-bond acceptors (Lipinski definition) is 2. The van der Waals surface area contributed by atoms with E-state index in [0.29, 0.717) is 16.7 Å². The number of ether oxygens (including phenoxy) is 1. The summed E-state index contributed by atoms with van der Waals surface area (Å²) in [6, 6.07) is 3.61. The first-order valence-corrected chi connectivity index (χ1v) is 5.76. The summed E-state index contributed by atoms with van der Waals surface area (Å²) >= 11 is 11.9. The highest BCUT2D eigenvalue weighted by atomic mass is 35.5. The largest absolute Gasteiger partial charge is 0.493 e. The summed E-state index contributed by atoms with van der Waals surface area (Å²) in [5.41, 5.74) is 1.04. The van der Waals surface area contributed by atoms with E-state index in [0.717, 1.165) is 24.4 Å². The second-order valence-electron chi connectivity index (χ2n) is 3.09. The van der Waals surface area contributed by atoms with Crippen LogP contribution in [-0.4, -0.2) is 13.2 Å². The summed E-state index contributed by atoms with van der Waals surface area (Å²) in [5.74, 6) is 0.799. The quantitative estimate of drug-likeness (QED) is 0.861. The van der Waals surface area contributed by atoms with Crippen molar-refractivity contribution in [1.29, 1.82) is 0 Å². The van der Waals surface area contributed by atoms with E-state index in [1.807, 2.05) is 13.0 Å². The van der Waals surface area contributed by atoms with Gasteiger partial charge in [-0.3, -0.25) is 0 Å². The normalized spacial score (nSPS) is 10.4. The van der Waals surface area contributed by atoms with Crippen LogP contribution < -0.4 is 10.1 Å². The lowest BCUT2D eigenvalue weighted by Gasteiger charge is -2.11. The molecule has 15 heavy (non-hydrogen) atoms. The third-order valence-electron chi connectivity index (χ3n) is 1.97. The fraction of sp³-hybridized carbons (Fsp3) is 0.455. The van der Waals surface area contributed by atoms with Gasteiger partial charge in [0.2, 0.25) is 0 Å². The molecular formula is C11H15Cl2NO. The monoisotopic (exact) mass is 247 g/mol. The maximum absolute atomic E-state index is 5.95. The number of nitrogens with one attached hydrogen (secondary N) is 1. The molecule has 0 radical (unpaired) electrons. The Hall–Kier alpha value is -0.440. The first kappa shape index (κ1) is 12.6. The van der Waals surface area contributed by atoms with Crippen LogP contribution in [0.15, 0.2) is 12.1 Å². The molecule has 0 saturated carbocycles. The highest BCUT2D eigenvalue weighted by molar-refractivity contribution is 6.42. The van der Waals surface area contributed by atoms with Crippen LogP contribution in [0.25, 0.3) is 0 Å². The topological polar surface area (TPSA) is 21.3 Å². The summed E-state index contributed by atoms with van der Waals surface area (Å²) in [6.07, 6.45) is 0. The Kier molecular flexibility index (Phi) is 5.23. The van der Waals surface area contributed by atoms with Gasteiger partial charge in [-0.05, 0) is 19.5 Å². The van der Waals surface area contributed by atoms with Crippen molar-refractivity contribution in [2.45, 2.75) is 20.4 Å². The summed E-state index contributed by atoms with van der Waals surface area (Å²) in [5, 5.41) is 4.32. The maximum atomic E-state index is 5.95. The van der Waals surface area contributed by atoms with Crippen molar-refractivity contribution in [3.8, 4) is 5.75 Å². The molecule has 0 aliphatic heterocycles. The Morgan fingerprint density at radius 3 is 2.47 bits per heavy atom. The first-order valence-electron chi connectivity index (χ1n) is 5.00. The second-order valence-corrected chi connectivity index (χ2v) is 3.90. The average molecular weight is 248 g/mol. The van der Waals surface area contributed by atoms with Crippen LogP contribution in [0.3, 0.4) is 0 Å². The van der Waals surface area contributed by atoms with Crippen LogP contribution in [0.1, 0.15) is 19.4 Å². The van der Waals surface area contributed by atoms with Crippen LogP contribution in [0.5, 0.6) is 5.75 Å². The molecule has 1 aromatic carbocycles. The minimum atomic E-state index is 0.528. The SMILES string of the molecule is CCNCc1cc(Cl)c(Cl)cc1OCC. The van der Waals surface area contributed by atoms with Gasteiger partial charge in [0.15, 0.2) is 0 Å². The molecule has 0 aliphatic rings. The Morgan fingerprint density at radius 2 is 1.87 bits per heavy atom. The molecule has 0 aliphatic carbocycles. The maximum Gasteiger partial charge on any atom is 0.125 e. The number of rotatable bonds is 5. The molecule has 1 aromatic rings. The summed E-state index contributed by atoms with van der Waals surface area (Å²) in [6.45, 7) is 6.27. The van der Waals surface area contributed by atoms with Crippen molar-refractivity contribution in [1.82, 2.24) is 5.32 Å². The van der Waals surface area contributed by atoms with Crippen molar-refractivity contribution in [2.24, 2.45) is 0 Å². The first-order chi connectivity index (χ1) is 7.19. The minimum Gasteiger partial charge on any atom is -0.493 e. The Balaban J connectivity index is 2.93. The van der Waals surface area contributed by atoms with E-state index in [-0.39, 0.29) is 0 Å². The number of halogens is 2. The molecule has 0 heterocycles. The molecule has 0 spiro atoms. The van der Waals surface area contributed by atoms with E-state index in [4.69, 9.17) is 27.9 Å². The number of benzene rings is 1. The Bertz CT molecular complexity index is 329. The molecule has 0 saturated heterocycles. The van der Waals surface area contributed by atoms with Crippen molar-refractivity contribution < 1.29 is 4.74 Å². The zero-order valence-corrected chi connectivity index (χ0v) is 10.5. The average Bonchev–Trinajstić information content (AvgIpc) is 2.21. The third-order valence-corrected chi connectivity index (χ3v) is 2.69. The van der Waals surface area contributed by atoms with Gasteiger partial charge in [-0.25, -0.2) is 0 Å². The molecule has 0 unspecified atom stereocenters. The highest BCUT2D eigenvalue weighted by Gasteiger charge is 2.07. The lowest BCUT2D eigenvalue weighted by molar-refractivity contribution is 0.335. The molecule has 0 bridgehead atoms. The van der Waals surface area contributed by atoms with Crippen molar-refractivity contribution >= 4 is 23.2 Å². The molecule has 1 N–H and O–H groups in total. The van der Waals surface area contributed by atoms with Crippen LogP contribution >= 0.6 is 23.2 Å². The van der Waals surface area contributed by atoms with Gasteiger partial charge in [-0.1, -0.05) is 30.1 Å². The van der Waals surface area contributed by atoms with Crippen molar-refractivity contribution in [3.05, 3.63) is 27.7 Å². The van der Waals surface area contributed by atoms with Crippen LogP contribution in [0.2, 0.25) is 10.0 Å². The van der Waals surface area contributed by atoms with Crippen molar-refractivity contribution in [2.75, 3.05) is 13.2 Å².